The fourth-order valence-electron chi connectivity index (χ4n) is 2.33. The summed E-state index contributed by atoms with van der Waals surface area (Å²) in [6.07, 6.45) is 4.13. The zero-order chi connectivity index (χ0) is 14.7. The molecule has 0 aromatic carbocycles. The van der Waals surface area contributed by atoms with E-state index >= 15 is 0 Å². The fraction of sp³-hybridized carbons (Fsp3) is 0.600. The molecule has 1 aromatic heterocycles. The second-order valence-electron chi connectivity index (χ2n) is 5.28. The maximum absolute atomic E-state index is 12.2. The normalized spacial score (nSPS) is 14.0. The molecule has 0 fully saturated rings. The molecule has 0 aliphatic heterocycles. The first-order chi connectivity index (χ1) is 9.54. The number of hydrogen-bond donors (Lipinski definition) is 1. The van der Waals surface area contributed by atoms with E-state index in [1.807, 2.05) is 13.8 Å². The van der Waals surface area contributed by atoms with E-state index in [9.17, 15) is 9.59 Å². The van der Waals surface area contributed by atoms with E-state index in [-0.39, 0.29) is 17.8 Å². The molecule has 0 unspecified atom stereocenters. The lowest BCUT2D eigenvalue weighted by atomic mass is 9.95. The highest BCUT2D eigenvalue weighted by Crippen LogP contribution is 2.38. The number of anilines is 1. The van der Waals surface area contributed by atoms with Gasteiger partial charge in [-0.3, -0.25) is 4.79 Å². The molecule has 4 nitrogen and oxygen atoms in total. The van der Waals surface area contributed by atoms with Crippen molar-refractivity contribution in [3.05, 3.63) is 16.0 Å². The van der Waals surface area contributed by atoms with Gasteiger partial charge in [0.15, 0.2) is 0 Å². The predicted molar refractivity (Wildman–Crippen MR) is 80.4 cm³/mol. The monoisotopic (exact) mass is 295 g/mol. The maximum atomic E-state index is 12.2. The lowest BCUT2D eigenvalue weighted by molar-refractivity contribution is -0.118. The first kappa shape index (κ1) is 15.0. The topological polar surface area (TPSA) is 55.4 Å². The Morgan fingerprint density at radius 2 is 2.00 bits per heavy atom. The van der Waals surface area contributed by atoms with E-state index in [0.717, 1.165) is 31.2 Å². The van der Waals surface area contributed by atoms with Gasteiger partial charge in [-0.1, -0.05) is 13.8 Å². The van der Waals surface area contributed by atoms with Crippen molar-refractivity contribution >= 4 is 28.2 Å². The average molecular weight is 295 g/mol. The molecule has 1 aromatic rings. The number of fused-ring (bicyclic) bond motifs is 1. The summed E-state index contributed by atoms with van der Waals surface area (Å²) in [5.74, 6) is -0.482. The SMILES string of the molecule is CCOC(=O)c1c(NC(=O)C(C)C)sc2c1CCCC2. The summed E-state index contributed by atoms with van der Waals surface area (Å²) >= 11 is 1.53. The Balaban J connectivity index is 2.36. The number of esters is 1. The zero-order valence-corrected chi connectivity index (χ0v) is 13.1. The Labute approximate surface area is 123 Å². The molecule has 1 heterocycles. The molecule has 1 aliphatic rings. The van der Waals surface area contributed by atoms with E-state index in [0.29, 0.717) is 17.2 Å². The van der Waals surface area contributed by atoms with E-state index in [2.05, 4.69) is 5.32 Å². The quantitative estimate of drug-likeness (QED) is 0.866. The summed E-state index contributed by atoms with van der Waals surface area (Å²) in [7, 11) is 0. The van der Waals surface area contributed by atoms with Crippen LogP contribution >= 0.6 is 11.3 Å². The fourth-order valence-corrected chi connectivity index (χ4v) is 3.61. The van der Waals surface area contributed by atoms with Crippen molar-refractivity contribution in [2.45, 2.75) is 46.5 Å². The lowest BCUT2D eigenvalue weighted by Crippen LogP contribution is -2.19. The number of carbonyl (C=O) groups excluding carboxylic acids is 2. The largest absolute Gasteiger partial charge is 0.462 e. The van der Waals surface area contributed by atoms with E-state index in [1.54, 1.807) is 6.92 Å². The van der Waals surface area contributed by atoms with Crippen molar-refractivity contribution in [2.75, 3.05) is 11.9 Å². The molecule has 1 aliphatic carbocycles. The van der Waals surface area contributed by atoms with Crippen molar-refractivity contribution in [3.63, 3.8) is 0 Å². The standard InChI is InChI=1S/C15H21NO3S/c1-4-19-15(18)12-10-7-5-6-8-11(10)20-14(12)16-13(17)9(2)3/h9H,4-8H2,1-3H3,(H,16,17). The number of aryl methyl sites for hydroxylation is 1. The molecular formula is C15H21NO3S. The molecule has 0 atom stereocenters. The van der Waals surface area contributed by atoms with Crippen LogP contribution in [0.5, 0.6) is 0 Å². The number of thiophene rings is 1. The first-order valence-electron chi connectivity index (χ1n) is 7.17. The van der Waals surface area contributed by atoms with Crippen LogP contribution in [0.25, 0.3) is 0 Å². The molecule has 0 bridgehead atoms. The minimum absolute atomic E-state index is 0.0610. The van der Waals surface area contributed by atoms with Gasteiger partial charge < -0.3 is 10.1 Å². The van der Waals surface area contributed by atoms with Crippen molar-refractivity contribution in [1.82, 2.24) is 0 Å². The second kappa shape index (κ2) is 6.39. The van der Waals surface area contributed by atoms with Gasteiger partial charge in [0.2, 0.25) is 5.91 Å². The van der Waals surface area contributed by atoms with Gasteiger partial charge in [-0.2, -0.15) is 0 Å². The summed E-state index contributed by atoms with van der Waals surface area (Å²) in [5, 5.41) is 3.55. The minimum atomic E-state index is -0.314. The molecule has 0 radical (unpaired) electrons. The van der Waals surface area contributed by atoms with Gasteiger partial charge >= 0.3 is 5.97 Å². The first-order valence-corrected chi connectivity index (χ1v) is 7.98. The van der Waals surface area contributed by atoms with Crippen LogP contribution in [0.4, 0.5) is 5.00 Å². The molecule has 0 saturated carbocycles. The van der Waals surface area contributed by atoms with Gasteiger partial charge in [0.25, 0.3) is 0 Å². The van der Waals surface area contributed by atoms with Crippen molar-refractivity contribution in [1.29, 1.82) is 0 Å². The molecule has 1 amide bonds. The molecular weight excluding hydrogens is 274 g/mol. The summed E-state index contributed by atoms with van der Waals surface area (Å²) in [6, 6.07) is 0. The molecule has 20 heavy (non-hydrogen) atoms. The smallest absolute Gasteiger partial charge is 0.341 e. The number of carbonyl (C=O) groups is 2. The van der Waals surface area contributed by atoms with E-state index in [1.165, 1.54) is 16.2 Å². The van der Waals surface area contributed by atoms with Crippen LogP contribution in [0, 0.1) is 5.92 Å². The number of amides is 1. The van der Waals surface area contributed by atoms with Crippen molar-refractivity contribution < 1.29 is 14.3 Å². The number of ether oxygens (including phenoxy) is 1. The average Bonchev–Trinajstić information content (AvgIpc) is 2.76. The third-order valence-electron chi connectivity index (χ3n) is 3.41. The third kappa shape index (κ3) is 3.03. The number of nitrogens with one attached hydrogen (secondary N) is 1. The van der Waals surface area contributed by atoms with Gasteiger partial charge in [-0.15, -0.1) is 11.3 Å². The highest BCUT2D eigenvalue weighted by atomic mass is 32.1. The van der Waals surface area contributed by atoms with Crippen LogP contribution in [0.1, 0.15) is 54.4 Å². The Hall–Kier alpha value is -1.36. The summed E-state index contributed by atoms with van der Waals surface area (Å²) in [6.45, 7) is 5.82. The summed E-state index contributed by atoms with van der Waals surface area (Å²) < 4.78 is 5.15. The maximum Gasteiger partial charge on any atom is 0.341 e. The summed E-state index contributed by atoms with van der Waals surface area (Å²) in [5.41, 5.74) is 1.67. The minimum Gasteiger partial charge on any atom is -0.462 e. The highest BCUT2D eigenvalue weighted by Gasteiger charge is 2.27. The second-order valence-corrected chi connectivity index (χ2v) is 6.38. The molecule has 110 valence electrons. The Kier molecular flexibility index (Phi) is 4.81. The van der Waals surface area contributed by atoms with Crippen LogP contribution in [0.15, 0.2) is 0 Å². The molecule has 2 rings (SSSR count). The van der Waals surface area contributed by atoms with Gasteiger partial charge in [0, 0.05) is 10.8 Å². The van der Waals surface area contributed by atoms with Crippen molar-refractivity contribution in [3.8, 4) is 0 Å². The predicted octanol–water partition coefficient (Wildman–Crippen LogP) is 3.40. The highest BCUT2D eigenvalue weighted by molar-refractivity contribution is 7.17. The number of hydrogen-bond acceptors (Lipinski definition) is 4. The van der Waals surface area contributed by atoms with Gasteiger partial charge in [-0.05, 0) is 38.2 Å². The van der Waals surface area contributed by atoms with E-state index in [4.69, 9.17) is 4.74 Å². The summed E-state index contributed by atoms with van der Waals surface area (Å²) in [4.78, 5) is 25.3. The van der Waals surface area contributed by atoms with Gasteiger partial charge in [0.05, 0.1) is 12.2 Å². The van der Waals surface area contributed by atoms with Crippen LogP contribution < -0.4 is 5.32 Å². The zero-order valence-electron chi connectivity index (χ0n) is 12.2. The third-order valence-corrected chi connectivity index (χ3v) is 4.62. The molecule has 5 heteroatoms. The molecule has 0 saturated heterocycles. The lowest BCUT2D eigenvalue weighted by Gasteiger charge is -2.12. The van der Waals surface area contributed by atoms with Crippen LogP contribution in [-0.2, 0) is 22.4 Å². The Bertz CT molecular complexity index is 519. The van der Waals surface area contributed by atoms with E-state index < -0.39 is 0 Å². The Morgan fingerprint density at radius 3 is 2.65 bits per heavy atom. The van der Waals surface area contributed by atoms with Gasteiger partial charge in [-0.25, -0.2) is 4.79 Å². The molecule has 1 N–H and O–H groups in total. The van der Waals surface area contributed by atoms with Crippen LogP contribution in [0.2, 0.25) is 0 Å². The Morgan fingerprint density at radius 1 is 1.30 bits per heavy atom. The van der Waals surface area contributed by atoms with Crippen LogP contribution in [0.3, 0.4) is 0 Å². The van der Waals surface area contributed by atoms with Crippen LogP contribution in [-0.4, -0.2) is 18.5 Å². The molecule has 0 spiro atoms. The van der Waals surface area contributed by atoms with Crippen molar-refractivity contribution in [2.24, 2.45) is 5.92 Å². The number of rotatable bonds is 4. The van der Waals surface area contributed by atoms with Gasteiger partial charge in [0.1, 0.15) is 5.00 Å².